The zero-order valence-electron chi connectivity index (χ0n) is 13.5. The Balaban J connectivity index is 2.58. The average Bonchev–Trinajstić information content (AvgIpc) is 2.61. The van der Waals surface area contributed by atoms with Gasteiger partial charge in [-0.05, 0) is 33.1 Å². The van der Waals surface area contributed by atoms with Crippen molar-refractivity contribution in [2.45, 2.75) is 59.7 Å². The minimum atomic E-state index is -0.628. The van der Waals surface area contributed by atoms with Crippen LogP contribution < -0.4 is 5.32 Å². The van der Waals surface area contributed by atoms with Crippen molar-refractivity contribution in [3.05, 3.63) is 21.5 Å². The van der Waals surface area contributed by atoms with Crippen molar-refractivity contribution in [3.63, 3.8) is 0 Å². The van der Waals surface area contributed by atoms with Gasteiger partial charge in [-0.2, -0.15) is 5.10 Å². The maximum atomic E-state index is 10.9. The summed E-state index contributed by atoms with van der Waals surface area (Å²) in [6.45, 7) is 10.4. The standard InChI is InChI=1S/C14H26N4O3/c1-9(2)6-10(3)15-7-13(19)8-17-12(5)14(18(20)21)11(4)16-17/h9-10,13,15,19H,6-8H2,1-5H3. The molecule has 0 bridgehead atoms. The van der Waals surface area contributed by atoms with Crippen molar-refractivity contribution in [3.8, 4) is 0 Å². The third-order valence-corrected chi connectivity index (χ3v) is 3.44. The average molecular weight is 298 g/mol. The zero-order valence-corrected chi connectivity index (χ0v) is 13.5. The third-order valence-electron chi connectivity index (χ3n) is 3.44. The maximum Gasteiger partial charge on any atom is 0.312 e. The van der Waals surface area contributed by atoms with E-state index >= 15 is 0 Å². The SMILES string of the molecule is Cc1nn(CC(O)CNC(C)CC(C)C)c(C)c1[N+](=O)[O-]. The third kappa shape index (κ3) is 5.09. The van der Waals surface area contributed by atoms with Gasteiger partial charge in [-0.3, -0.25) is 14.8 Å². The molecule has 0 aliphatic carbocycles. The molecule has 1 rings (SSSR count). The summed E-state index contributed by atoms with van der Waals surface area (Å²) in [5.41, 5.74) is 0.890. The van der Waals surface area contributed by atoms with Crippen molar-refractivity contribution in [1.29, 1.82) is 0 Å². The highest BCUT2D eigenvalue weighted by molar-refractivity contribution is 5.39. The number of nitro groups is 1. The van der Waals surface area contributed by atoms with Crippen molar-refractivity contribution >= 4 is 5.69 Å². The number of aliphatic hydroxyl groups excluding tert-OH is 1. The van der Waals surface area contributed by atoms with Gasteiger partial charge >= 0.3 is 5.69 Å². The van der Waals surface area contributed by atoms with E-state index < -0.39 is 11.0 Å². The van der Waals surface area contributed by atoms with Crippen molar-refractivity contribution in [1.82, 2.24) is 15.1 Å². The zero-order chi connectivity index (χ0) is 16.2. The lowest BCUT2D eigenvalue weighted by molar-refractivity contribution is -0.386. The summed E-state index contributed by atoms with van der Waals surface area (Å²) in [5, 5.41) is 28.4. The molecule has 7 heteroatoms. The smallest absolute Gasteiger partial charge is 0.312 e. The van der Waals surface area contributed by atoms with Gasteiger partial charge < -0.3 is 10.4 Å². The van der Waals surface area contributed by atoms with Gasteiger partial charge in [-0.15, -0.1) is 0 Å². The molecule has 0 aliphatic rings. The van der Waals surface area contributed by atoms with E-state index in [0.717, 1.165) is 6.42 Å². The van der Waals surface area contributed by atoms with Crippen LogP contribution in [0.25, 0.3) is 0 Å². The van der Waals surface area contributed by atoms with Gasteiger partial charge in [0.05, 0.1) is 17.6 Å². The molecule has 120 valence electrons. The van der Waals surface area contributed by atoms with Crippen molar-refractivity contribution < 1.29 is 10.0 Å². The molecule has 0 saturated carbocycles. The van der Waals surface area contributed by atoms with Crippen LogP contribution in [-0.4, -0.2) is 38.5 Å². The van der Waals surface area contributed by atoms with E-state index in [9.17, 15) is 15.2 Å². The maximum absolute atomic E-state index is 10.9. The summed E-state index contributed by atoms with van der Waals surface area (Å²) in [7, 11) is 0. The highest BCUT2D eigenvalue weighted by Crippen LogP contribution is 2.21. The minimum Gasteiger partial charge on any atom is -0.390 e. The molecule has 0 saturated heterocycles. The molecule has 0 amide bonds. The Kier molecular flexibility index (Phi) is 6.29. The van der Waals surface area contributed by atoms with E-state index in [0.29, 0.717) is 29.9 Å². The molecular formula is C14H26N4O3. The first-order valence-corrected chi connectivity index (χ1v) is 7.32. The van der Waals surface area contributed by atoms with E-state index in [-0.39, 0.29) is 12.2 Å². The van der Waals surface area contributed by atoms with E-state index in [1.807, 2.05) is 0 Å². The summed E-state index contributed by atoms with van der Waals surface area (Å²) < 4.78 is 1.51. The van der Waals surface area contributed by atoms with E-state index in [2.05, 4.69) is 31.2 Å². The number of nitrogens with zero attached hydrogens (tertiary/aromatic N) is 3. The molecule has 1 heterocycles. The van der Waals surface area contributed by atoms with Crippen LogP contribution >= 0.6 is 0 Å². The molecule has 21 heavy (non-hydrogen) atoms. The number of aliphatic hydroxyl groups is 1. The van der Waals surface area contributed by atoms with E-state index in [1.54, 1.807) is 13.8 Å². The van der Waals surface area contributed by atoms with Crippen LogP contribution in [0.2, 0.25) is 0 Å². The number of aryl methyl sites for hydroxylation is 1. The molecule has 2 unspecified atom stereocenters. The summed E-state index contributed by atoms with van der Waals surface area (Å²) in [4.78, 5) is 10.5. The fraction of sp³-hybridized carbons (Fsp3) is 0.786. The summed E-state index contributed by atoms with van der Waals surface area (Å²) >= 11 is 0. The van der Waals surface area contributed by atoms with Crippen LogP contribution in [-0.2, 0) is 6.54 Å². The first kappa shape index (κ1) is 17.6. The molecule has 0 spiro atoms. The van der Waals surface area contributed by atoms with Crippen molar-refractivity contribution in [2.75, 3.05) is 6.54 Å². The monoisotopic (exact) mass is 298 g/mol. The highest BCUT2D eigenvalue weighted by atomic mass is 16.6. The van der Waals surface area contributed by atoms with Gasteiger partial charge in [0.25, 0.3) is 0 Å². The molecule has 1 aromatic heterocycles. The van der Waals surface area contributed by atoms with Gasteiger partial charge in [0.15, 0.2) is 0 Å². The number of nitrogens with one attached hydrogen (secondary N) is 1. The lowest BCUT2D eigenvalue weighted by atomic mass is 10.1. The van der Waals surface area contributed by atoms with Gasteiger partial charge in [-0.1, -0.05) is 13.8 Å². The molecule has 0 aromatic carbocycles. The Labute approximate surface area is 125 Å². The predicted octanol–water partition coefficient (Wildman–Crippen LogP) is 1.79. The molecule has 2 N–H and O–H groups in total. The van der Waals surface area contributed by atoms with Crippen LogP contribution in [0.3, 0.4) is 0 Å². The van der Waals surface area contributed by atoms with E-state index in [4.69, 9.17) is 0 Å². The largest absolute Gasteiger partial charge is 0.390 e. The molecule has 0 radical (unpaired) electrons. The second-order valence-electron chi connectivity index (χ2n) is 6.05. The first-order chi connectivity index (χ1) is 9.72. The van der Waals surface area contributed by atoms with Crippen LogP contribution in [0.15, 0.2) is 0 Å². The molecule has 7 nitrogen and oxygen atoms in total. The molecule has 0 fully saturated rings. The lowest BCUT2D eigenvalue weighted by Gasteiger charge is -2.19. The second-order valence-corrected chi connectivity index (χ2v) is 6.05. The summed E-state index contributed by atoms with van der Waals surface area (Å²) in [5.74, 6) is 0.600. The van der Waals surface area contributed by atoms with Crippen LogP contribution in [0.5, 0.6) is 0 Å². The molecular weight excluding hydrogens is 272 g/mol. The van der Waals surface area contributed by atoms with Gasteiger partial charge in [0.2, 0.25) is 0 Å². The Hall–Kier alpha value is -1.47. The number of rotatable bonds is 8. The van der Waals surface area contributed by atoms with Gasteiger partial charge in [-0.25, -0.2) is 0 Å². The Morgan fingerprint density at radius 3 is 2.48 bits per heavy atom. The topological polar surface area (TPSA) is 93.2 Å². The van der Waals surface area contributed by atoms with Crippen LogP contribution in [0.4, 0.5) is 5.69 Å². The summed E-state index contributed by atoms with van der Waals surface area (Å²) in [6, 6.07) is 0.328. The van der Waals surface area contributed by atoms with Gasteiger partial charge in [0, 0.05) is 12.6 Å². The molecule has 2 atom stereocenters. The predicted molar refractivity (Wildman–Crippen MR) is 81.3 cm³/mol. The minimum absolute atomic E-state index is 0.0309. The number of hydrogen-bond acceptors (Lipinski definition) is 5. The number of hydrogen-bond donors (Lipinski definition) is 2. The normalized spacial score (nSPS) is 14.4. The highest BCUT2D eigenvalue weighted by Gasteiger charge is 2.22. The number of aromatic nitrogens is 2. The quantitative estimate of drug-likeness (QED) is 0.564. The van der Waals surface area contributed by atoms with Gasteiger partial charge in [0.1, 0.15) is 11.4 Å². The fourth-order valence-electron chi connectivity index (χ4n) is 2.52. The van der Waals surface area contributed by atoms with Crippen molar-refractivity contribution in [2.24, 2.45) is 5.92 Å². The van der Waals surface area contributed by atoms with Crippen LogP contribution in [0, 0.1) is 29.9 Å². The fourth-order valence-corrected chi connectivity index (χ4v) is 2.52. The lowest BCUT2D eigenvalue weighted by Crippen LogP contribution is -2.36. The Morgan fingerprint density at radius 1 is 1.38 bits per heavy atom. The molecule has 0 aliphatic heterocycles. The Morgan fingerprint density at radius 2 is 2.00 bits per heavy atom. The summed E-state index contributed by atoms with van der Waals surface area (Å²) in [6.07, 6.45) is 0.412. The van der Waals surface area contributed by atoms with Crippen LogP contribution in [0.1, 0.15) is 38.6 Å². The van der Waals surface area contributed by atoms with E-state index in [1.165, 1.54) is 4.68 Å². The Bertz CT molecular complexity index is 485. The molecule has 1 aromatic rings. The second kappa shape index (κ2) is 7.51. The first-order valence-electron chi connectivity index (χ1n) is 7.32.